The van der Waals surface area contributed by atoms with Crippen LogP contribution >= 0.6 is 0 Å². The summed E-state index contributed by atoms with van der Waals surface area (Å²) in [7, 11) is 0. The van der Waals surface area contributed by atoms with Crippen molar-refractivity contribution in [2.75, 3.05) is 13.2 Å². The van der Waals surface area contributed by atoms with Crippen LogP contribution in [0.15, 0.2) is 24.3 Å². The molecule has 0 spiro atoms. The van der Waals surface area contributed by atoms with Crippen LogP contribution in [0.3, 0.4) is 0 Å². The van der Waals surface area contributed by atoms with Crippen molar-refractivity contribution < 1.29 is 4.74 Å². The first-order chi connectivity index (χ1) is 9.34. The molecule has 0 bridgehead atoms. The van der Waals surface area contributed by atoms with Crippen LogP contribution in [0.1, 0.15) is 50.5 Å². The molecule has 1 aliphatic heterocycles. The van der Waals surface area contributed by atoms with Gasteiger partial charge in [0.05, 0.1) is 6.61 Å². The highest BCUT2D eigenvalue weighted by molar-refractivity contribution is 5.39. The molecular weight excluding hydrogens is 234 g/mol. The fraction of sp³-hybridized carbons (Fsp3) is 0.647. The monoisotopic (exact) mass is 259 g/mol. The maximum absolute atomic E-state index is 5.75. The van der Waals surface area contributed by atoms with E-state index in [2.05, 4.69) is 36.5 Å². The lowest BCUT2D eigenvalue weighted by atomic mass is 9.84. The van der Waals surface area contributed by atoms with E-state index in [0.29, 0.717) is 12.0 Å². The van der Waals surface area contributed by atoms with Gasteiger partial charge in [-0.05, 0) is 31.7 Å². The highest BCUT2D eigenvalue weighted by Gasteiger charge is 2.25. The van der Waals surface area contributed by atoms with Crippen LogP contribution in [0, 0.1) is 5.92 Å². The Bertz CT molecular complexity index is 411. The van der Waals surface area contributed by atoms with Crippen LogP contribution in [-0.4, -0.2) is 19.2 Å². The smallest absolute Gasteiger partial charge is 0.122 e. The zero-order chi connectivity index (χ0) is 13.1. The molecule has 0 amide bonds. The molecule has 0 saturated heterocycles. The minimum atomic E-state index is 0.530. The lowest BCUT2D eigenvalue weighted by Crippen LogP contribution is -2.37. The van der Waals surface area contributed by atoms with E-state index in [4.69, 9.17) is 4.74 Å². The van der Waals surface area contributed by atoms with E-state index < -0.39 is 0 Å². The summed E-state index contributed by atoms with van der Waals surface area (Å²) in [5, 5.41) is 3.76. The Morgan fingerprint density at radius 2 is 2.00 bits per heavy atom. The summed E-state index contributed by atoms with van der Waals surface area (Å²) < 4.78 is 5.75. The normalized spacial score (nSPS) is 24.8. The van der Waals surface area contributed by atoms with Crippen LogP contribution in [0.5, 0.6) is 5.75 Å². The minimum Gasteiger partial charge on any atom is -0.493 e. The molecule has 1 saturated carbocycles. The van der Waals surface area contributed by atoms with Gasteiger partial charge < -0.3 is 10.1 Å². The van der Waals surface area contributed by atoms with E-state index in [1.165, 1.54) is 37.7 Å². The second-order valence-electron chi connectivity index (χ2n) is 6.14. The number of hydrogen-bond acceptors (Lipinski definition) is 2. The Hall–Kier alpha value is -1.02. The van der Waals surface area contributed by atoms with E-state index >= 15 is 0 Å². The van der Waals surface area contributed by atoms with E-state index in [0.717, 1.165) is 24.8 Å². The Morgan fingerprint density at radius 1 is 1.21 bits per heavy atom. The van der Waals surface area contributed by atoms with E-state index in [1.54, 1.807) is 0 Å². The van der Waals surface area contributed by atoms with Crippen LogP contribution < -0.4 is 10.1 Å². The zero-order valence-electron chi connectivity index (χ0n) is 11.9. The van der Waals surface area contributed by atoms with Crippen LogP contribution in [0.4, 0.5) is 0 Å². The maximum Gasteiger partial charge on any atom is 0.122 e. The topological polar surface area (TPSA) is 21.3 Å². The van der Waals surface area contributed by atoms with Crippen LogP contribution in [-0.2, 0) is 0 Å². The lowest BCUT2D eigenvalue weighted by Gasteiger charge is -2.29. The predicted molar refractivity (Wildman–Crippen MR) is 78.7 cm³/mol. The molecule has 2 nitrogen and oxygen atoms in total. The van der Waals surface area contributed by atoms with Crippen molar-refractivity contribution in [2.24, 2.45) is 5.92 Å². The van der Waals surface area contributed by atoms with Gasteiger partial charge in [-0.2, -0.15) is 0 Å². The van der Waals surface area contributed by atoms with Gasteiger partial charge in [-0.25, -0.2) is 0 Å². The van der Waals surface area contributed by atoms with Crippen molar-refractivity contribution >= 4 is 0 Å². The quantitative estimate of drug-likeness (QED) is 0.889. The van der Waals surface area contributed by atoms with Crippen molar-refractivity contribution in [3.8, 4) is 5.75 Å². The molecule has 1 heterocycles. The molecular formula is C17H25NO. The second kappa shape index (κ2) is 5.96. The summed E-state index contributed by atoms with van der Waals surface area (Å²) in [5.74, 6) is 2.49. The zero-order valence-corrected chi connectivity index (χ0v) is 11.9. The van der Waals surface area contributed by atoms with Gasteiger partial charge >= 0.3 is 0 Å². The molecule has 1 fully saturated rings. The number of rotatable bonds is 4. The molecule has 1 N–H and O–H groups in total. The number of fused-ring (bicyclic) bond motifs is 1. The predicted octanol–water partition coefficient (Wildman–Crippen LogP) is 3.72. The molecule has 1 unspecified atom stereocenters. The summed E-state index contributed by atoms with van der Waals surface area (Å²) in [6.45, 7) is 4.25. The summed E-state index contributed by atoms with van der Waals surface area (Å²) in [6, 6.07) is 9.11. The number of ether oxygens (including phenoxy) is 1. The fourth-order valence-corrected chi connectivity index (χ4v) is 3.53. The summed E-state index contributed by atoms with van der Waals surface area (Å²) in [6.07, 6.45) is 7.10. The number of hydrogen-bond donors (Lipinski definition) is 1. The van der Waals surface area contributed by atoms with E-state index in [1.807, 2.05) is 0 Å². The number of benzene rings is 1. The molecule has 0 aromatic heterocycles. The molecule has 2 aliphatic rings. The minimum absolute atomic E-state index is 0.530. The molecule has 3 rings (SSSR count). The van der Waals surface area contributed by atoms with Crippen molar-refractivity contribution in [2.45, 2.75) is 51.0 Å². The molecule has 2 atom stereocenters. The summed E-state index contributed by atoms with van der Waals surface area (Å²) in [5.41, 5.74) is 1.38. The average Bonchev–Trinajstić information content (AvgIpc) is 2.89. The Labute approximate surface area is 116 Å². The third-order valence-corrected chi connectivity index (χ3v) is 4.84. The molecule has 0 radical (unpaired) electrons. The van der Waals surface area contributed by atoms with Gasteiger partial charge in [0.1, 0.15) is 5.75 Å². The van der Waals surface area contributed by atoms with Crippen molar-refractivity contribution in [1.29, 1.82) is 0 Å². The van der Waals surface area contributed by atoms with Crippen molar-refractivity contribution in [1.82, 2.24) is 5.32 Å². The Balaban J connectivity index is 1.52. The van der Waals surface area contributed by atoms with Gasteiger partial charge in [0.15, 0.2) is 0 Å². The largest absolute Gasteiger partial charge is 0.493 e. The highest BCUT2D eigenvalue weighted by Crippen LogP contribution is 2.33. The number of para-hydroxylation sites is 1. The molecule has 1 aromatic carbocycles. The molecule has 1 aliphatic carbocycles. The number of nitrogens with one attached hydrogen (secondary N) is 1. The Kier molecular flexibility index (Phi) is 4.07. The first-order valence-corrected chi connectivity index (χ1v) is 7.79. The maximum atomic E-state index is 5.75. The van der Waals surface area contributed by atoms with Gasteiger partial charge in [-0.15, -0.1) is 0 Å². The standard InChI is InChI=1S/C17H25NO/c1-13(14-7-3-2-4-8-14)18-11-15-12-19-17-10-6-5-9-16(15)17/h5-6,9-10,13-15,18H,2-4,7-8,11-12H2,1H3/t13-,15?/m0/s1. The van der Waals surface area contributed by atoms with Crippen molar-refractivity contribution in [3.05, 3.63) is 29.8 Å². The summed E-state index contributed by atoms with van der Waals surface area (Å²) >= 11 is 0. The molecule has 2 heteroatoms. The van der Waals surface area contributed by atoms with Gasteiger partial charge in [-0.1, -0.05) is 37.5 Å². The van der Waals surface area contributed by atoms with E-state index in [9.17, 15) is 0 Å². The molecule has 1 aromatic rings. The molecule has 19 heavy (non-hydrogen) atoms. The highest BCUT2D eigenvalue weighted by atomic mass is 16.5. The third kappa shape index (κ3) is 2.94. The van der Waals surface area contributed by atoms with Crippen molar-refractivity contribution in [3.63, 3.8) is 0 Å². The summed E-state index contributed by atoms with van der Waals surface area (Å²) in [4.78, 5) is 0. The average molecular weight is 259 g/mol. The van der Waals surface area contributed by atoms with Crippen LogP contribution in [0.2, 0.25) is 0 Å². The van der Waals surface area contributed by atoms with Gasteiger partial charge in [0, 0.05) is 24.1 Å². The molecule has 104 valence electrons. The second-order valence-corrected chi connectivity index (χ2v) is 6.14. The van der Waals surface area contributed by atoms with Gasteiger partial charge in [0.25, 0.3) is 0 Å². The Morgan fingerprint density at radius 3 is 2.84 bits per heavy atom. The lowest BCUT2D eigenvalue weighted by molar-refractivity contribution is 0.269. The third-order valence-electron chi connectivity index (χ3n) is 4.84. The first kappa shape index (κ1) is 13.0. The van der Waals surface area contributed by atoms with E-state index in [-0.39, 0.29) is 0 Å². The first-order valence-electron chi connectivity index (χ1n) is 7.79. The fourth-order valence-electron chi connectivity index (χ4n) is 3.53. The SMILES string of the molecule is C[C@H](NCC1COc2ccccc21)C1CCCCC1. The van der Waals surface area contributed by atoms with Gasteiger partial charge in [-0.3, -0.25) is 0 Å². The van der Waals surface area contributed by atoms with Gasteiger partial charge in [0.2, 0.25) is 0 Å². The van der Waals surface area contributed by atoms with Crippen LogP contribution in [0.25, 0.3) is 0 Å².